The Morgan fingerprint density at radius 1 is 1.19 bits per heavy atom. The van der Waals surface area contributed by atoms with Crippen molar-refractivity contribution < 1.29 is 13.6 Å². The van der Waals surface area contributed by atoms with Crippen molar-refractivity contribution in [3.8, 4) is 17.5 Å². The van der Waals surface area contributed by atoms with E-state index in [-0.39, 0.29) is 6.04 Å². The molecule has 2 aromatic rings. The molecule has 2 aliphatic rings. The first kappa shape index (κ1) is 17.2. The second-order valence-corrected chi connectivity index (χ2v) is 8.38. The third-order valence-electron chi connectivity index (χ3n) is 4.88. The molecule has 0 amide bonds. The second kappa shape index (κ2) is 6.81. The molecular weight excluding hydrogens is 354 g/mol. The molecule has 26 heavy (non-hydrogen) atoms. The number of rotatable bonds is 3. The maximum atomic E-state index is 10.9. The van der Waals surface area contributed by atoms with Crippen LogP contribution in [0.2, 0.25) is 0 Å². The molecular formula is C17H21N5O3S. The molecule has 0 spiro atoms. The maximum Gasteiger partial charge on any atom is 0.247 e. The fourth-order valence-corrected chi connectivity index (χ4v) is 5.45. The molecule has 0 radical (unpaired) electrons. The lowest BCUT2D eigenvalue weighted by molar-refractivity contribution is 0.262. The summed E-state index contributed by atoms with van der Waals surface area (Å²) >= 11 is 0. The van der Waals surface area contributed by atoms with Crippen LogP contribution in [0.5, 0.6) is 0 Å². The maximum absolute atomic E-state index is 10.9. The summed E-state index contributed by atoms with van der Waals surface area (Å²) in [6, 6.07) is 11.3. The Morgan fingerprint density at radius 2 is 2.00 bits per heavy atom. The zero-order valence-corrected chi connectivity index (χ0v) is 15.0. The SMILES string of the molecule is N#CN1CC[C@@H](N2CCCN(c3cc(-c4ccccc4)no3)S2(O)O)C1. The van der Waals surface area contributed by atoms with Gasteiger partial charge in [0, 0.05) is 37.8 Å². The lowest BCUT2D eigenvalue weighted by atomic mass is 10.1. The van der Waals surface area contributed by atoms with Crippen molar-refractivity contribution in [2.45, 2.75) is 18.9 Å². The van der Waals surface area contributed by atoms with Crippen LogP contribution in [-0.2, 0) is 0 Å². The van der Waals surface area contributed by atoms with Crippen LogP contribution < -0.4 is 4.31 Å². The first-order valence-corrected chi connectivity index (χ1v) is 10.0. The first-order chi connectivity index (χ1) is 12.6. The topological polar surface area (TPSA) is 100 Å². The van der Waals surface area contributed by atoms with Crippen LogP contribution in [0.1, 0.15) is 12.8 Å². The lowest BCUT2D eigenvalue weighted by Gasteiger charge is -2.54. The van der Waals surface area contributed by atoms with Crippen LogP contribution in [0, 0.1) is 11.5 Å². The van der Waals surface area contributed by atoms with E-state index < -0.39 is 11.0 Å². The van der Waals surface area contributed by atoms with E-state index in [9.17, 15) is 9.11 Å². The highest BCUT2D eigenvalue weighted by atomic mass is 32.3. The average Bonchev–Trinajstić information content (AvgIpc) is 3.31. The number of aromatic nitrogens is 1. The Balaban J connectivity index is 1.57. The molecule has 138 valence electrons. The van der Waals surface area contributed by atoms with Crippen molar-refractivity contribution in [2.24, 2.45) is 0 Å². The van der Waals surface area contributed by atoms with Crippen LogP contribution in [0.3, 0.4) is 0 Å². The predicted molar refractivity (Wildman–Crippen MR) is 99.0 cm³/mol. The summed E-state index contributed by atoms with van der Waals surface area (Å²) < 4.78 is 30.6. The van der Waals surface area contributed by atoms with Gasteiger partial charge >= 0.3 is 0 Å². The Kier molecular flexibility index (Phi) is 4.50. The van der Waals surface area contributed by atoms with E-state index in [4.69, 9.17) is 9.78 Å². The van der Waals surface area contributed by atoms with E-state index >= 15 is 0 Å². The summed E-state index contributed by atoms with van der Waals surface area (Å²) in [5, 5.41) is 13.1. The fourth-order valence-electron chi connectivity index (χ4n) is 3.55. The van der Waals surface area contributed by atoms with Crippen LogP contribution in [0.15, 0.2) is 40.9 Å². The molecule has 0 bridgehead atoms. The Hall–Kier alpha value is -2.25. The quantitative estimate of drug-likeness (QED) is 0.790. The minimum absolute atomic E-state index is 0.0565. The molecule has 2 aliphatic heterocycles. The van der Waals surface area contributed by atoms with Gasteiger partial charge in [0.15, 0.2) is 6.19 Å². The van der Waals surface area contributed by atoms with Gasteiger partial charge in [-0.2, -0.15) is 9.57 Å². The molecule has 8 nitrogen and oxygen atoms in total. The second-order valence-electron chi connectivity index (χ2n) is 6.49. The van der Waals surface area contributed by atoms with E-state index in [0.29, 0.717) is 37.8 Å². The van der Waals surface area contributed by atoms with Gasteiger partial charge in [0.05, 0.1) is 6.04 Å². The van der Waals surface area contributed by atoms with Crippen LogP contribution in [0.4, 0.5) is 5.88 Å². The summed E-state index contributed by atoms with van der Waals surface area (Å²) in [7, 11) is -3.20. The highest BCUT2D eigenvalue weighted by molar-refractivity contribution is 8.23. The number of hydrogen-bond donors (Lipinski definition) is 2. The third kappa shape index (κ3) is 3.01. The molecule has 0 aliphatic carbocycles. The average molecular weight is 375 g/mol. The Morgan fingerprint density at radius 3 is 2.73 bits per heavy atom. The van der Waals surface area contributed by atoms with Gasteiger partial charge < -0.3 is 9.42 Å². The minimum Gasteiger partial charge on any atom is -0.336 e. The number of nitriles is 1. The number of benzene rings is 1. The monoisotopic (exact) mass is 375 g/mol. The number of likely N-dealkylation sites (tertiary alicyclic amines) is 1. The summed E-state index contributed by atoms with van der Waals surface area (Å²) in [5.74, 6) is 0.351. The van der Waals surface area contributed by atoms with E-state index in [0.717, 1.165) is 18.4 Å². The fraction of sp³-hybridized carbons (Fsp3) is 0.412. The highest BCUT2D eigenvalue weighted by Gasteiger charge is 2.42. The summed E-state index contributed by atoms with van der Waals surface area (Å²) in [4.78, 5) is 1.65. The lowest BCUT2D eigenvalue weighted by Crippen LogP contribution is -2.50. The van der Waals surface area contributed by atoms with E-state index in [2.05, 4.69) is 11.3 Å². The van der Waals surface area contributed by atoms with E-state index in [1.54, 1.807) is 15.3 Å². The van der Waals surface area contributed by atoms with Crippen molar-refractivity contribution in [2.75, 3.05) is 30.5 Å². The van der Waals surface area contributed by atoms with Crippen LogP contribution in [0.25, 0.3) is 11.3 Å². The summed E-state index contributed by atoms with van der Waals surface area (Å²) in [6.07, 6.45) is 3.65. The molecule has 2 saturated heterocycles. The minimum atomic E-state index is -3.20. The highest BCUT2D eigenvalue weighted by Crippen LogP contribution is 2.54. The normalized spacial score (nSPS) is 24.4. The van der Waals surface area contributed by atoms with Crippen LogP contribution >= 0.6 is 11.0 Å². The van der Waals surface area contributed by atoms with Crippen molar-refractivity contribution >= 4 is 16.8 Å². The van der Waals surface area contributed by atoms with Crippen molar-refractivity contribution in [1.29, 1.82) is 5.26 Å². The van der Waals surface area contributed by atoms with Gasteiger partial charge in [0.1, 0.15) is 5.69 Å². The number of anilines is 1. The van der Waals surface area contributed by atoms with Gasteiger partial charge in [-0.3, -0.25) is 9.11 Å². The molecule has 1 atom stereocenters. The predicted octanol–water partition coefficient (Wildman–Crippen LogP) is 2.99. The largest absolute Gasteiger partial charge is 0.336 e. The zero-order valence-electron chi connectivity index (χ0n) is 14.2. The van der Waals surface area contributed by atoms with Gasteiger partial charge in [0.25, 0.3) is 0 Å². The first-order valence-electron chi connectivity index (χ1n) is 8.59. The van der Waals surface area contributed by atoms with Crippen LogP contribution in [-0.4, -0.2) is 55.7 Å². The zero-order chi connectivity index (χ0) is 18.1. The number of hydrogen-bond acceptors (Lipinski definition) is 8. The molecule has 3 heterocycles. The summed E-state index contributed by atoms with van der Waals surface area (Å²) in [6.45, 7) is 2.24. The third-order valence-corrected chi connectivity index (χ3v) is 6.94. The number of nitrogens with zero attached hydrogens (tertiary/aromatic N) is 5. The summed E-state index contributed by atoms with van der Waals surface area (Å²) in [5.41, 5.74) is 1.57. The smallest absolute Gasteiger partial charge is 0.247 e. The van der Waals surface area contributed by atoms with Gasteiger partial charge in [0.2, 0.25) is 5.88 Å². The van der Waals surface area contributed by atoms with Crippen molar-refractivity contribution in [3.05, 3.63) is 36.4 Å². The van der Waals surface area contributed by atoms with Gasteiger partial charge in [-0.15, -0.1) is 0 Å². The molecule has 9 heteroatoms. The van der Waals surface area contributed by atoms with Crippen molar-refractivity contribution in [1.82, 2.24) is 14.4 Å². The standard InChI is InChI=1S/C17H21N5O3S/c18-13-20-10-7-15(12-20)21-8-4-9-22(26(21,23)24)17-11-16(19-25-17)14-5-2-1-3-6-14/h1-3,5-6,11,15,23-24H,4,7-10,12H2/t15-/m1/s1. The van der Waals surface area contributed by atoms with Crippen molar-refractivity contribution in [3.63, 3.8) is 0 Å². The molecule has 2 fully saturated rings. The molecule has 2 N–H and O–H groups in total. The van der Waals surface area contributed by atoms with E-state index in [1.165, 1.54) is 4.31 Å². The molecule has 0 saturated carbocycles. The van der Waals surface area contributed by atoms with Gasteiger partial charge in [-0.05, 0) is 23.8 Å². The van der Waals surface area contributed by atoms with Gasteiger partial charge in [-0.1, -0.05) is 35.5 Å². The molecule has 1 aromatic carbocycles. The molecule has 0 unspecified atom stereocenters. The van der Waals surface area contributed by atoms with E-state index in [1.807, 2.05) is 30.3 Å². The van der Waals surface area contributed by atoms with Gasteiger partial charge in [-0.25, -0.2) is 4.31 Å². The Bertz CT molecular complexity index is 806. The Labute approximate surface area is 153 Å². The molecule has 4 rings (SSSR count). The molecule has 1 aromatic heterocycles.